The van der Waals surface area contributed by atoms with E-state index in [9.17, 15) is 23.7 Å². The zero-order chi connectivity index (χ0) is 30.1. The number of carbonyl (C=O) groups is 4. The summed E-state index contributed by atoms with van der Waals surface area (Å²) in [6.07, 6.45) is 18.8. The number of ether oxygens (including phenoxy) is 2. The molecule has 12 heteroatoms. The van der Waals surface area contributed by atoms with Crippen LogP contribution in [0.2, 0.25) is 0 Å². The molecule has 0 aromatic carbocycles. The summed E-state index contributed by atoms with van der Waals surface area (Å²) in [5, 5.41) is 8.50. The second-order valence-corrected chi connectivity index (χ2v) is 10.8. The fourth-order valence-corrected chi connectivity index (χ4v) is 3.97. The van der Waals surface area contributed by atoms with Gasteiger partial charge in [0.2, 0.25) is 0 Å². The predicted molar refractivity (Wildman–Crippen MR) is 149 cm³/mol. The van der Waals surface area contributed by atoms with Gasteiger partial charge in [-0.25, -0.2) is 9.36 Å². The van der Waals surface area contributed by atoms with Crippen LogP contribution >= 0.6 is 7.82 Å². The van der Waals surface area contributed by atoms with E-state index < -0.39 is 57.3 Å². The maximum atomic E-state index is 12.0. The Bertz CT molecular complexity index is 832. The quantitative estimate of drug-likeness (QED) is 0.0377. The van der Waals surface area contributed by atoms with Gasteiger partial charge in [0.05, 0.1) is 13.0 Å². The van der Waals surface area contributed by atoms with E-state index in [0.717, 1.165) is 44.6 Å². The third-order valence-electron chi connectivity index (χ3n) is 5.79. The smallest absolute Gasteiger partial charge is 0.469 e. The van der Waals surface area contributed by atoms with Crippen molar-refractivity contribution in [2.24, 2.45) is 0 Å². The number of hydrogen-bond donors (Lipinski definition) is 3. The van der Waals surface area contributed by atoms with Crippen LogP contribution in [0.3, 0.4) is 0 Å². The molecule has 3 N–H and O–H groups in total. The summed E-state index contributed by atoms with van der Waals surface area (Å²) in [5.41, 5.74) is 0. The number of aliphatic carboxylic acids is 1. The second-order valence-electron chi connectivity index (χ2n) is 9.55. The van der Waals surface area contributed by atoms with Gasteiger partial charge in [-0.3, -0.25) is 18.9 Å². The Balaban J connectivity index is 4.11. The molecule has 0 amide bonds. The van der Waals surface area contributed by atoms with E-state index in [-0.39, 0.29) is 12.8 Å². The maximum Gasteiger partial charge on any atom is 0.469 e. The van der Waals surface area contributed by atoms with Gasteiger partial charge in [-0.15, -0.1) is 0 Å². The van der Waals surface area contributed by atoms with Crippen LogP contribution in [0, 0.1) is 0 Å². The van der Waals surface area contributed by atoms with E-state index in [1.165, 1.54) is 38.5 Å². The van der Waals surface area contributed by atoms with E-state index >= 15 is 0 Å². The number of ketones is 1. The Hall–Kier alpha value is -2.33. The normalized spacial score (nSPS) is 12.6. The van der Waals surface area contributed by atoms with E-state index in [2.05, 4.69) is 23.6 Å². The maximum absolute atomic E-state index is 12.0. The first-order valence-electron chi connectivity index (χ1n) is 14.2. The van der Waals surface area contributed by atoms with Crippen molar-refractivity contribution in [3.8, 4) is 0 Å². The molecule has 0 radical (unpaired) electrons. The molecule has 0 spiro atoms. The fraction of sp³-hybridized carbons (Fsp3) is 0.714. The molecular weight excluding hydrogens is 543 g/mol. The van der Waals surface area contributed by atoms with Crippen LogP contribution in [0.4, 0.5) is 0 Å². The molecule has 40 heavy (non-hydrogen) atoms. The minimum atomic E-state index is -4.86. The number of phosphoric acid groups is 1. The molecule has 0 aliphatic rings. The van der Waals surface area contributed by atoms with Crippen LogP contribution in [-0.4, -0.2) is 57.9 Å². The molecule has 0 heterocycles. The number of unbranched alkanes of at least 4 members (excludes halogenated alkanes) is 11. The molecule has 0 bridgehead atoms. The number of carbonyl (C=O) groups excluding carboxylic acids is 3. The third-order valence-corrected chi connectivity index (χ3v) is 6.27. The summed E-state index contributed by atoms with van der Waals surface area (Å²) in [6.45, 7) is 1.03. The molecule has 0 saturated carbocycles. The van der Waals surface area contributed by atoms with Gasteiger partial charge in [0.25, 0.3) is 0 Å². The Kier molecular flexibility index (Phi) is 23.0. The zero-order valence-electron chi connectivity index (χ0n) is 23.7. The molecule has 0 aromatic rings. The Morgan fingerprint density at radius 2 is 1.30 bits per heavy atom. The lowest BCUT2D eigenvalue weighted by Crippen LogP contribution is -2.29. The summed E-state index contributed by atoms with van der Waals surface area (Å²) in [4.78, 5) is 63.8. The molecule has 1 atom stereocenters. The van der Waals surface area contributed by atoms with Gasteiger partial charge in [0.15, 0.2) is 11.9 Å². The lowest BCUT2D eigenvalue weighted by molar-refractivity contribution is -0.161. The number of hydrogen-bond acceptors (Lipinski definition) is 8. The van der Waals surface area contributed by atoms with Crippen molar-refractivity contribution in [3.63, 3.8) is 0 Å². The fourth-order valence-electron chi connectivity index (χ4n) is 3.61. The standard InChI is InChI=1S/C28H47O11P/c1-2-3-4-5-6-7-8-9-10-11-12-13-14-15-16-17-27(32)37-22-25(23-38-40(34,35)36)39-28(33)21-19-24(29)18-20-26(30)31/h9-10,18,20,25H,2-8,11-17,19,21-23H2,1H3,(H,30,31)(H2,34,35,36)/b10-9-,20-18+/t25-/m1/s1. The molecule has 0 fully saturated rings. The van der Waals surface area contributed by atoms with Crippen LogP contribution in [0.1, 0.15) is 110 Å². The van der Waals surface area contributed by atoms with E-state index in [1.807, 2.05) is 0 Å². The number of rotatable bonds is 26. The first-order chi connectivity index (χ1) is 19.0. The lowest BCUT2D eigenvalue weighted by atomic mass is 10.1. The molecule has 0 aliphatic heterocycles. The van der Waals surface area contributed by atoms with E-state index in [4.69, 9.17) is 24.4 Å². The molecule has 0 rings (SSSR count). The van der Waals surface area contributed by atoms with Crippen molar-refractivity contribution in [2.45, 2.75) is 116 Å². The summed E-state index contributed by atoms with van der Waals surface area (Å²) in [7, 11) is -4.86. The number of carboxylic acid groups (broad SMARTS) is 1. The Morgan fingerprint density at radius 1 is 0.725 bits per heavy atom. The molecule has 0 aromatic heterocycles. The highest BCUT2D eigenvalue weighted by atomic mass is 31.2. The average Bonchev–Trinajstić information content (AvgIpc) is 2.89. The molecule has 0 unspecified atom stereocenters. The minimum Gasteiger partial charge on any atom is -0.478 e. The summed E-state index contributed by atoms with van der Waals surface area (Å²) >= 11 is 0. The van der Waals surface area contributed by atoms with Crippen LogP contribution < -0.4 is 0 Å². The predicted octanol–water partition coefficient (Wildman–Crippen LogP) is 5.58. The monoisotopic (exact) mass is 590 g/mol. The second kappa shape index (κ2) is 24.5. The largest absolute Gasteiger partial charge is 0.478 e. The van der Waals surface area contributed by atoms with Gasteiger partial charge >= 0.3 is 25.7 Å². The highest BCUT2D eigenvalue weighted by Gasteiger charge is 2.23. The number of phosphoric ester groups is 1. The van der Waals surface area contributed by atoms with E-state index in [1.54, 1.807) is 0 Å². The summed E-state index contributed by atoms with van der Waals surface area (Å²) < 4.78 is 25.4. The first-order valence-corrected chi connectivity index (χ1v) is 15.7. The van der Waals surface area contributed by atoms with Crippen LogP contribution in [0.25, 0.3) is 0 Å². The van der Waals surface area contributed by atoms with E-state index in [0.29, 0.717) is 12.5 Å². The van der Waals surface area contributed by atoms with Gasteiger partial charge in [-0.1, -0.05) is 70.4 Å². The van der Waals surface area contributed by atoms with Crippen molar-refractivity contribution in [1.29, 1.82) is 0 Å². The highest BCUT2D eigenvalue weighted by molar-refractivity contribution is 7.46. The first kappa shape index (κ1) is 37.7. The molecule has 230 valence electrons. The van der Waals surface area contributed by atoms with Crippen LogP contribution in [0.5, 0.6) is 0 Å². The van der Waals surface area contributed by atoms with Crippen LogP contribution in [0.15, 0.2) is 24.3 Å². The molecule has 0 saturated heterocycles. The van der Waals surface area contributed by atoms with Crippen molar-refractivity contribution in [2.75, 3.05) is 13.2 Å². The van der Waals surface area contributed by atoms with Gasteiger partial charge in [-0.05, 0) is 38.2 Å². The Morgan fingerprint density at radius 3 is 1.88 bits per heavy atom. The van der Waals surface area contributed by atoms with Gasteiger partial charge < -0.3 is 24.4 Å². The number of esters is 2. The number of allylic oxidation sites excluding steroid dienone is 3. The number of carboxylic acids is 1. The molecular formula is C28H47O11P. The third kappa shape index (κ3) is 27.2. The van der Waals surface area contributed by atoms with Gasteiger partial charge in [0.1, 0.15) is 6.61 Å². The van der Waals surface area contributed by atoms with Crippen molar-refractivity contribution in [3.05, 3.63) is 24.3 Å². The summed E-state index contributed by atoms with van der Waals surface area (Å²) in [6, 6.07) is 0. The molecule has 0 aliphatic carbocycles. The van der Waals surface area contributed by atoms with Gasteiger partial charge in [0, 0.05) is 18.9 Å². The molecule has 11 nitrogen and oxygen atoms in total. The SMILES string of the molecule is CCCCCCCC/C=C\CCCCCCCC(=O)OC[C@H](COP(=O)(O)O)OC(=O)CCC(=O)/C=C/C(=O)O. The average molecular weight is 591 g/mol. The topological polar surface area (TPSA) is 174 Å². The van der Waals surface area contributed by atoms with Crippen LogP contribution in [-0.2, 0) is 37.7 Å². The van der Waals surface area contributed by atoms with Crippen molar-refractivity contribution in [1.82, 2.24) is 0 Å². The summed E-state index contributed by atoms with van der Waals surface area (Å²) in [5.74, 6) is -3.36. The zero-order valence-corrected chi connectivity index (χ0v) is 24.6. The van der Waals surface area contributed by atoms with Crippen molar-refractivity contribution >= 4 is 31.5 Å². The van der Waals surface area contributed by atoms with Crippen molar-refractivity contribution < 1.29 is 52.6 Å². The van der Waals surface area contributed by atoms with Gasteiger partial charge in [-0.2, -0.15) is 0 Å². The minimum absolute atomic E-state index is 0.155. The highest BCUT2D eigenvalue weighted by Crippen LogP contribution is 2.35. The lowest BCUT2D eigenvalue weighted by Gasteiger charge is -2.18. The Labute approximate surface area is 237 Å².